The van der Waals surface area contributed by atoms with Gasteiger partial charge in [-0.15, -0.1) is 24.0 Å². The van der Waals surface area contributed by atoms with Gasteiger partial charge in [0.1, 0.15) is 19.4 Å². The zero-order valence-corrected chi connectivity index (χ0v) is 12.7. The van der Waals surface area contributed by atoms with Gasteiger partial charge in [-0.05, 0) is 6.07 Å². The first-order valence-corrected chi connectivity index (χ1v) is 5.32. The fraction of sp³-hybridized carbons (Fsp3) is 0.231. The standard InChI is InChI=1S/C13H17N3.HI/c1-14-9-5-4-6-12(14)7-8-13-15(2)10-11-16(13)3;/h4-11H,1-3H3;1H/q+2;. The lowest BCUT2D eigenvalue weighted by Crippen LogP contribution is -2.31. The highest BCUT2D eigenvalue weighted by Gasteiger charge is 2.07. The Bertz CT molecular complexity index is 510. The Kier molecular flexibility index (Phi) is 4.86. The highest BCUT2D eigenvalue weighted by molar-refractivity contribution is 14.0. The van der Waals surface area contributed by atoms with Gasteiger partial charge < -0.3 is 0 Å². The minimum atomic E-state index is 0. The van der Waals surface area contributed by atoms with E-state index in [9.17, 15) is 0 Å². The predicted octanol–water partition coefficient (Wildman–Crippen LogP) is 1.46. The molecule has 0 N–H and O–H groups in total. The van der Waals surface area contributed by atoms with Crippen LogP contribution in [0.1, 0.15) is 11.5 Å². The van der Waals surface area contributed by atoms with Crippen molar-refractivity contribution in [2.45, 2.75) is 0 Å². The maximum atomic E-state index is 2.12. The van der Waals surface area contributed by atoms with Crippen LogP contribution >= 0.6 is 24.0 Å². The molecule has 0 saturated heterocycles. The average molecular weight is 343 g/mol. The molecular weight excluding hydrogens is 325 g/mol. The van der Waals surface area contributed by atoms with Crippen LogP contribution in [-0.2, 0) is 21.1 Å². The van der Waals surface area contributed by atoms with E-state index in [4.69, 9.17) is 0 Å². The largest absolute Gasteiger partial charge is 0.281 e. The zero-order valence-electron chi connectivity index (χ0n) is 10.4. The summed E-state index contributed by atoms with van der Waals surface area (Å²) in [5.74, 6) is 1.17. The molecule has 0 saturated carbocycles. The van der Waals surface area contributed by atoms with Crippen molar-refractivity contribution in [1.82, 2.24) is 4.57 Å². The Labute approximate surface area is 119 Å². The summed E-state index contributed by atoms with van der Waals surface area (Å²) >= 11 is 0. The van der Waals surface area contributed by atoms with E-state index >= 15 is 0 Å². The summed E-state index contributed by atoms with van der Waals surface area (Å²) in [5.41, 5.74) is 1.18. The Hall–Kier alpha value is -1.17. The molecule has 0 aliphatic heterocycles. The molecule has 0 aliphatic carbocycles. The van der Waals surface area contributed by atoms with E-state index < -0.39 is 0 Å². The smallest absolute Gasteiger partial charge is 0.233 e. The summed E-state index contributed by atoms with van der Waals surface area (Å²) in [6, 6.07) is 6.17. The van der Waals surface area contributed by atoms with Gasteiger partial charge in [0, 0.05) is 24.3 Å². The van der Waals surface area contributed by atoms with E-state index in [1.165, 1.54) is 11.5 Å². The van der Waals surface area contributed by atoms with E-state index in [-0.39, 0.29) is 24.0 Å². The van der Waals surface area contributed by atoms with Gasteiger partial charge in [-0.1, -0.05) is 0 Å². The van der Waals surface area contributed by atoms with Gasteiger partial charge in [-0.3, -0.25) is 0 Å². The van der Waals surface area contributed by atoms with Gasteiger partial charge in [-0.2, -0.15) is 0 Å². The first kappa shape index (κ1) is 13.9. The van der Waals surface area contributed by atoms with Crippen molar-refractivity contribution in [2.24, 2.45) is 21.1 Å². The number of hydrogen-bond donors (Lipinski definition) is 0. The maximum absolute atomic E-state index is 2.12. The molecule has 90 valence electrons. The summed E-state index contributed by atoms with van der Waals surface area (Å²) < 4.78 is 6.29. The third-order valence-electron chi connectivity index (χ3n) is 2.73. The van der Waals surface area contributed by atoms with Gasteiger partial charge in [-0.25, -0.2) is 13.7 Å². The Balaban J connectivity index is 0.00000144. The van der Waals surface area contributed by atoms with Crippen LogP contribution in [0, 0.1) is 0 Å². The van der Waals surface area contributed by atoms with Crippen molar-refractivity contribution < 1.29 is 9.13 Å². The molecule has 2 aromatic heterocycles. The Morgan fingerprint density at radius 1 is 1.06 bits per heavy atom. The van der Waals surface area contributed by atoms with Crippen molar-refractivity contribution in [1.29, 1.82) is 0 Å². The summed E-state index contributed by atoms with van der Waals surface area (Å²) in [6.45, 7) is 0. The van der Waals surface area contributed by atoms with Gasteiger partial charge in [0.2, 0.25) is 5.69 Å². The third-order valence-corrected chi connectivity index (χ3v) is 2.73. The molecule has 0 spiro atoms. The van der Waals surface area contributed by atoms with Crippen molar-refractivity contribution in [3.63, 3.8) is 0 Å². The van der Waals surface area contributed by atoms with E-state index in [1.807, 2.05) is 51.9 Å². The van der Waals surface area contributed by atoms with Gasteiger partial charge in [0.15, 0.2) is 6.20 Å². The van der Waals surface area contributed by atoms with E-state index in [1.54, 1.807) is 0 Å². The molecule has 0 fully saturated rings. The number of imidazole rings is 1. The lowest BCUT2D eigenvalue weighted by molar-refractivity contribution is -0.674. The molecule has 2 rings (SSSR count). The van der Waals surface area contributed by atoms with Crippen LogP contribution in [0.15, 0.2) is 36.8 Å². The van der Waals surface area contributed by atoms with Crippen LogP contribution in [0.2, 0.25) is 0 Å². The molecule has 17 heavy (non-hydrogen) atoms. The van der Waals surface area contributed by atoms with Crippen molar-refractivity contribution in [2.75, 3.05) is 0 Å². The van der Waals surface area contributed by atoms with Gasteiger partial charge in [0.25, 0.3) is 5.82 Å². The normalized spacial score (nSPS) is 10.5. The SMILES string of the molecule is Cn1cc[n+](C)c1C=Cc1cccc[n+]1C.I. The van der Waals surface area contributed by atoms with Crippen molar-refractivity contribution in [3.8, 4) is 0 Å². The molecule has 4 heteroatoms. The number of nitrogens with zero attached hydrogens (tertiary/aromatic N) is 3. The number of aryl methyl sites for hydroxylation is 3. The predicted molar refractivity (Wildman–Crippen MR) is 78.6 cm³/mol. The number of hydrogen-bond acceptors (Lipinski definition) is 0. The van der Waals surface area contributed by atoms with Crippen molar-refractivity contribution in [3.05, 3.63) is 48.3 Å². The zero-order chi connectivity index (χ0) is 11.5. The molecule has 2 aromatic rings. The van der Waals surface area contributed by atoms with E-state index in [0.717, 1.165) is 0 Å². The van der Waals surface area contributed by atoms with Crippen LogP contribution in [-0.4, -0.2) is 4.57 Å². The number of rotatable bonds is 2. The second-order valence-electron chi connectivity index (χ2n) is 3.95. The molecule has 0 aromatic carbocycles. The minimum absolute atomic E-state index is 0. The molecule has 0 radical (unpaired) electrons. The van der Waals surface area contributed by atoms with Crippen LogP contribution in [0.4, 0.5) is 0 Å². The van der Waals surface area contributed by atoms with Crippen LogP contribution in [0.5, 0.6) is 0 Å². The number of pyridine rings is 1. The van der Waals surface area contributed by atoms with Gasteiger partial charge >= 0.3 is 0 Å². The molecule has 0 amide bonds. The summed E-state index contributed by atoms with van der Waals surface area (Å²) in [4.78, 5) is 0. The lowest BCUT2D eigenvalue weighted by Gasteiger charge is -1.93. The monoisotopic (exact) mass is 343 g/mol. The molecule has 3 nitrogen and oxygen atoms in total. The molecule has 0 atom stereocenters. The summed E-state index contributed by atoms with van der Waals surface area (Å²) in [5, 5.41) is 0. The van der Waals surface area contributed by atoms with E-state index in [0.29, 0.717) is 0 Å². The third kappa shape index (κ3) is 3.15. The Morgan fingerprint density at radius 3 is 2.41 bits per heavy atom. The van der Waals surface area contributed by atoms with E-state index in [2.05, 4.69) is 31.9 Å². The average Bonchev–Trinajstić information content (AvgIpc) is 2.58. The fourth-order valence-corrected chi connectivity index (χ4v) is 1.71. The summed E-state index contributed by atoms with van der Waals surface area (Å²) in [7, 11) is 6.14. The molecule has 2 heterocycles. The highest BCUT2D eigenvalue weighted by atomic mass is 127. The minimum Gasteiger partial charge on any atom is -0.233 e. The topological polar surface area (TPSA) is 12.7 Å². The molecule has 0 bridgehead atoms. The van der Waals surface area contributed by atoms with Crippen molar-refractivity contribution >= 4 is 36.1 Å². The summed E-state index contributed by atoms with van der Waals surface area (Å²) in [6.07, 6.45) is 10.4. The van der Waals surface area contributed by atoms with Crippen LogP contribution in [0.25, 0.3) is 12.2 Å². The molecule has 0 unspecified atom stereocenters. The second-order valence-corrected chi connectivity index (χ2v) is 3.95. The quantitative estimate of drug-likeness (QED) is 0.579. The first-order valence-electron chi connectivity index (χ1n) is 5.32. The molecule has 0 aliphatic rings. The first-order chi connectivity index (χ1) is 7.68. The number of aromatic nitrogens is 3. The Morgan fingerprint density at radius 2 is 1.82 bits per heavy atom. The lowest BCUT2D eigenvalue weighted by atomic mass is 10.3. The van der Waals surface area contributed by atoms with Crippen LogP contribution < -0.4 is 9.13 Å². The van der Waals surface area contributed by atoms with Crippen LogP contribution in [0.3, 0.4) is 0 Å². The number of halogens is 1. The fourth-order valence-electron chi connectivity index (χ4n) is 1.71. The maximum Gasteiger partial charge on any atom is 0.281 e. The highest BCUT2D eigenvalue weighted by Crippen LogP contribution is 2.00. The second kappa shape index (κ2) is 5.95. The van der Waals surface area contributed by atoms with Gasteiger partial charge in [0.05, 0.1) is 14.1 Å². The molecular formula is C13H18IN3+2.